The smallest absolute Gasteiger partial charge is 0.263 e. The lowest BCUT2D eigenvalue weighted by atomic mass is 10.1. The minimum absolute atomic E-state index is 0.0358. The summed E-state index contributed by atoms with van der Waals surface area (Å²) < 4.78 is 1.39. The number of carbonyl (C=O) groups is 2. The van der Waals surface area contributed by atoms with Crippen molar-refractivity contribution in [1.82, 2.24) is 4.57 Å². The molecule has 4 aromatic rings. The van der Waals surface area contributed by atoms with Gasteiger partial charge in [-0.15, -0.1) is 0 Å². The summed E-state index contributed by atoms with van der Waals surface area (Å²) in [6.07, 6.45) is 0. The second kappa shape index (κ2) is 8.45. The number of benzene rings is 3. The predicted octanol–water partition coefficient (Wildman–Crippen LogP) is 4.70. The number of carbonyl (C=O) groups excluding carboxylic acids is 2. The highest BCUT2D eigenvalue weighted by Gasteiger charge is 2.17. The Balaban J connectivity index is 1.74. The van der Waals surface area contributed by atoms with E-state index in [1.807, 2.05) is 6.07 Å². The average Bonchev–Trinajstić information content (AvgIpc) is 2.78. The van der Waals surface area contributed by atoms with Crippen LogP contribution in [0.3, 0.4) is 0 Å². The zero-order valence-electron chi connectivity index (χ0n) is 16.6. The summed E-state index contributed by atoms with van der Waals surface area (Å²) in [6.45, 7) is 0. The molecule has 0 aliphatic carbocycles. The van der Waals surface area contributed by atoms with E-state index in [-0.39, 0.29) is 11.5 Å². The number of nitrogens with zero attached hydrogens (tertiary/aromatic N) is 1. The molecule has 0 atom stereocenters. The zero-order valence-corrected chi connectivity index (χ0v) is 17.3. The molecular weight excluding hydrogens is 414 g/mol. The number of hydrogen-bond donors (Lipinski definition) is 2. The molecule has 2 amide bonds. The molecule has 4 rings (SSSR count). The third kappa shape index (κ3) is 4.20. The molecule has 6 nitrogen and oxygen atoms in total. The molecule has 1 aromatic heterocycles. The number of aryl methyl sites for hydroxylation is 1. The second-order valence-electron chi connectivity index (χ2n) is 6.94. The van der Waals surface area contributed by atoms with E-state index in [1.165, 1.54) is 10.6 Å². The Bertz CT molecular complexity index is 1350. The topological polar surface area (TPSA) is 80.2 Å². The standard InChI is InChI=1S/C24H18ClN3O3/c1-28-21-9-5-8-20(27-22(29)15-6-3-2-4-7-15)18(21)14-19(24(28)31)23(30)26-17-12-10-16(25)11-13-17/h2-14H,1H3,(H,26,30)(H,27,29). The van der Waals surface area contributed by atoms with Crippen molar-refractivity contribution in [1.29, 1.82) is 0 Å². The first kappa shape index (κ1) is 20.4. The van der Waals surface area contributed by atoms with E-state index >= 15 is 0 Å². The van der Waals surface area contributed by atoms with E-state index in [4.69, 9.17) is 11.6 Å². The first-order valence-electron chi connectivity index (χ1n) is 9.50. The van der Waals surface area contributed by atoms with Crippen molar-refractivity contribution in [2.45, 2.75) is 0 Å². The van der Waals surface area contributed by atoms with Crippen molar-refractivity contribution in [3.05, 3.63) is 105 Å². The Kier molecular flexibility index (Phi) is 5.56. The predicted molar refractivity (Wildman–Crippen MR) is 123 cm³/mol. The number of pyridine rings is 1. The van der Waals surface area contributed by atoms with Crippen LogP contribution < -0.4 is 16.2 Å². The molecule has 0 unspecified atom stereocenters. The molecule has 0 bridgehead atoms. The van der Waals surface area contributed by atoms with Crippen LogP contribution in [-0.4, -0.2) is 16.4 Å². The van der Waals surface area contributed by atoms with E-state index in [0.29, 0.717) is 32.9 Å². The van der Waals surface area contributed by atoms with E-state index in [9.17, 15) is 14.4 Å². The van der Waals surface area contributed by atoms with Gasteiger partial charge in [-0.1, -0.05) is 35.9 Å². The van der Waals surface area contributed by atoms with Gasteiger partial charge in [0.2, 0.25) is 0 Å². The number of hydrogen-bond acceptors (Lipinski definition) is 3. The van der Waals surface area contributed by atoms with Crippen LogP contribution in [-0.2, 0) is 7.05 Å². The Morgan fingerprint density at radius 3 is 2.26 bits per heavy atom. The monoisotopic (exact) mass is 431 g/mol. The largest absolute Gasteiger partial charge is 0.322 e. The number of aromatic nitrogens is 1. The van der Waals surface area contributed by atoms with Gasteiger partial charge in [-0.2, -0.15) is 0 Å². The minimum Gasteiger partial charge on any atom is -0.322 e. The highest BCUT2D eigenvalue weighted by Crippen LogP contribution is 2.24. The zero-order chi connectivity index (χ0) is 22.0. The van der Waals surface area contributed by atoms with Crippen LogP contribution in [0.25, 0.3) is 10.9 Å². The van der Waals surface area contributed by atoms with Gasteiger partial charge in [-0.3, -0.25) is 14.4 Å². The number of rotatable bonds is 4. The molecule has 154 valence electrons. The summed E-state index contributed by atoms with van der Waals surface area (Å²) in [5, 5.41) is 6.69. The van der Waals surface area contributed by atoms with Gasteiger partial charge in [-0.25, -0.2) is 0 Å². The molecule has 1 heterocycles. The van der Waals surface area contributed by atoms with Gasteiger partial charge in [0, 0.05) is 28.7 Å². The van der Waals surface area contributed by atoms with Crippen molar-refractivity contribution in [2.75, 3.05) is 10.6 Å². The van der Waals surface area contributed by atoms with E-state index in [1.54, 1.807) is 73.8 Å². The van der Waals surface area contributed by atoms with Crippen LogP contribution in [0.5, 0.6) is 0 Å². The molecule has 0 saturated carbocycles. The Morgan fingerprint density at radius 2 is 1.55 bits per heavy atom. The van der Waals surface area contributed by atoms with E-state index in [0.717, 1.165) is 0 Å². The maximum Gasteiger partial charge on any atom is 0.263 e. The third-order valence-corrected chi connectivity index (χ3v) is 5.15. The summed E-state index contributed by atoms with van der Waals surface area (Å²) in [5.74, 6) is -0.830. The molecule has 0 saturated heterocycles. The van der Waals surface area contributed by atoms with Gasteiger partial charge < -0.3 is 15.2 Å². The van der Waals surface area contributed by atoms with E-state index < -0.39 is 11.5 Å². The maximum absolute atomic E-state index is 12.8. The number of anilines is 2. The fraction of sp³-hybridized carbons (Fsp3) is 0.0417. The number of nitrogens with one attached hydrogen (secondary N) is 2. The van der Waals surface area contributed by atoms with Gasteiger partial charge in [0.1, 0.15) is 5.56 Å². The van der Waals surface area contributed by atoms with Crippen molar-refractivity contribution >= 4 is 45.7 Å². The van der Waals surface area contributed by atoms with Gasteiger partial charge >= 0.3 is 0 Å². The fourth-order valence-corrected chi connectivity index (χ4v) is 3.41. The molecule has 7 heteroatoms. The number of amides is 2. The average molecular weight is 432 g/mol. The third-order valence-electron chi connectivity index (χ3n) is 4.90. The molecule has 3 aromatic carbocycles. The Labute approximate surface area is 183 Å². The summed E-state index contributed by atoms with van der Waals surface area (Å²) in [6, 6.07) is 22.1. The van der Waals surface area contributed by atoms with Crippen LogP contribution in [0.15, 0.2) is 83.7 Å². The normalized spacial score (nSPS) is 10.6. The lowest BCUT2D eigenvalue weighted by Crippen LogP contribution is -2.28. The van der Waals surface area contributed by atoms with Crippen LogP contribution in [0.4, 0.5) is 11.4 Å². The lowest BCUT2D eigenvalue weighted by molar-refractivity contribution is 0.101. The molecule has 0 spiro atoms. The summed E-state index contributed by atoms with van der Waals surface area (Å²) in [5.41, 5.74) is 1.64. The quantitative estimate of drug-likeness (QED) is 0.491. The molecule has 31 heavy (non-hydrogen) atoms. The number of fused-ring (bicyclic) bond motifs is 1. The lowest BCUT2D eigenvalue weighted by Gasteiger charge is -2.13. The Morgan fingerprint density at radius 1 is 0.839 bits per heavy atom. The maximum atomic E-state index is 12.8. The van der Waals surface area contributed by atoms with Crippen molar-refractivity contribution < 1.29 is 9.59 Å². The first-order chi connectivity index (χ1) is 14.9. The minimum atomic E-state index is -0.547. The summed E-state index contributed by atoms with van der Waals surface area (Å²) >= 11 is 5.88. The number of halogens is 1. The Hall–Kier alpha value is -3.90. The molecule has 0 fully saturated rings. The SMILES string of the molecule is Cn1c(=O)c(C(=O)Nc2ccc(Cl)cc2)cc2c(NC(=O)c3ccccc3)cccc21. The highest BCUT2D eigenvalue weighted by molar-refractivity contribution is 6.30. The van der Waals surface area contributed by atoms with E-state index in [2.05, 4.69) is 10.6 Å². The van der Waals surface area contributed by atoms with Crippen LogP contribution in [0.2, 0.25) is 5.02 Å². The molecule has 0 radical (unpaired) electrons. The first-order valence-corrected chi connectivity index (χ1v) is 9.88. The van der Waals surface area contributed by atoms with Crippen LogP contribution in [0, 0.1) is 0 Å². The molecule has 0 aliphatic rings. The van der Waals surface area contributed by atoms with Crippen LogP contribution >= 0.6 is 11.6 Å². The van der Waals surface area contributed by atoms with Crippen LogP contribution in [0.1, 0.15) is 20.7 Å². The van der Waals surface area contributed by atoms with Gasteiger partial charge in [-0.05, 0) is 54.6 Å². The summed E-state index contributed by atoms with van der Waals surface area (Å²) in [4.78, 5) is 38.3. The van der Waals surface area contributed by atoms with Crippen molar-refractivity contribution in [3.8, 4) is 0 Å². The van der Waals surface area contributed by atoms with Gasteiger partial charge in [0.15, 0.2) is 0 Å². The fourth-order valence-electron chi connectivity index (χ4n) is 3.28. The second-order valence-corrected chi connectivity index (χ2v) is 7.38. The molecule has 2 N–H and O–H groups in total. The van der Waals surface area contributed by atoms with Crippen molar-refractivity contribution in [2.24, 2.45) is 7.05 Å². The van der Waals surface area contributed by atoms with Gasteiger partial charge in [0.25, 0.3) is 17.4 Å². The highest BCUT2D eigenvalue weighted by atomic mass is 35.5. The van der Waals surface area contributed by atoms with Crippen molar-refractivity contribution in [3.63, 3.8) is 0 Å². The molecule has 0 aliphatic heterocycles. The summed E-state index contributed by atoms with van der Waals surface area (Å²) in [7, 11) is 1.59. The molecular formula is C24H18ClN3O3. The van der Waals surface area contributed by atoms with Gasteiger partial charge in [0.05, 0.1) is 11.2 Å².